The molecule has 0 heterocycles. The predicted molar refractivity (Wildman–Crippen MR) is 39.1 cm³/mol. The molecule has 0 fully saturated rings. The van der Waals surface area contributed by atoms with E-state index in [1.807, 2.05) is 0 Å². The number of hydrogen-bond donors (Lipinski definition) is 2. The van der Waals surface area contributed by atoms with E-state index in [1.54, 1.807) is 13.8 Å². The summed E-state index contributed by atoms with van der Waals surface area (Å²) in [5, 5.41) is 2.49. The molecule has 11 heavy (non-hydrogen) atoms. The minimum Gasteiger partial charge on any atom is -0.352 e. The molecule has 0 aliphatic carbocycles. The van der Waals surface area contributed by atoms with Crippen molar-refractivity contribution in [2.45, 2.75) is 19.9 Å². The third-order valence-electron chi connectivity index (χ3n) is 0.756. The highest BCUT2D eigenvalue weighted by Gasteiger charge is 2.15. The molecule has 2 N–H and O–H groups in total. The summed E-state index contributed by atoms with van der Waals surface area (Å²) in [5.41, 5.74) is 0. The molecule has 0 bridgehead atoms. The van der Waals surface area contributed by atoms with E-state index in [0.717, 1.165) is 0 Å². The van der Waals surface area contributed by atoms with Gasteiger partial charge in [0.05, 0.1) is 0 Å². The molecular formula is C5H11NO4P+. The van der Waals surface area contributed by atoms with Crippen LogP contribution in [0.5, 0.6) is 0 Å². The number of hydrogen-bond acceptors (Lipinski definition) is 3. The molecule has 0 radical (unpaired) electrons. The second-order valence-corrected chi connectivity index (χ2v) is 2.97. The van der Waals surface area contributed by atoms with Crippen molar-refractivity contribution in [1.82, 2.24) is 5.32 Å². The highest BCUT2D eigenvalue weighted by Crippen LogP contribution is 2.12. The molecule has 1 atom stereocenters. The van der Waals surface area contributed by atoms with E-state index >= 15 is 0 Å². The first-order valence-electron chi connectivity index (χ1n) is 3.10. The van der Waals surface area contributed by atoms with Crippen molar-refractivity contribution < 1.29 is 18.8 Å². The van der Waals surface area contributed by atoms with Crippen molar-refractivity contribution in [2.75, 3.05) is 6.61 Å². The van der Waals surface area contributed by atoms with Gasteiger partial charge in [-0.15, -0.1) is 9.42 Å². The van der Waals surface area contributed by atoms with Crippen molar-refractivity contribution in [2.24, 2.45) is 0 Å². The fourth-order valence-electron chi connectivity index (χ4n) is 0.477. The average Bonchev–Trinajstić information content (AvgIpc) is 1.82. The maximum atomic E-state index is 10.7. The van der Waals surface area contributed by atoms with E-state index in [4.69, 9.17) is 4.89 Å². The van der Waals surface area contributed by atoms with E-state index in [2.05, 4.69) is 9.84 Å². The zero-order valence-electron chi connectivity index (χ0n) is 6.40. The molecule has 0 aromatic carbocycles. The van der Waals surface area contributed by atoms with E-state index in [9.17, 15) is 9.36 Å². The van der Waals surface area contributed by atoms with Gasteiger partial charge in [-0.05, 0) is 13.8 Å². The van der Waals surface area contributed by atoms with Gasteiger partial charge < -0.3 is 5.32 Å². The van der Waals surface area contributed by atoms with Gasteiger partial charge in [-0.1, -0.05) is 0 Å². The summed E-state index contributed by atoms with van der Waals surface area (Å²) in [5.74, 6) is -0.391. The summed E-state index contributed by atoms with van der Waals surface area (Å²) in [6.07, 6.45) is 0. The van der Waals surface area contributed by atoms with Crippen molar-refractivity contribution >= 4 is 14.2 Å². The van der Waals surface area contributed by atoms with Gasteiger partial charge in [0.15, 0.2) is 6.61 Å². The average molecular weight is 180 g/mol. The Bertz CT molecular complexity index is 159. The van der Waals surface area contributed by atoms with E-state index in [1.165, 1.54) is 0 Å². The highest BCUT2D eigenvalue weighted by atomic mass is 31.1. The molecule has 5 nitrogen and oxygen atoms in total. The van der Waals surface area contributed by atoms with Gasteiger partial charge >= 0.3 is 8.25 Å². The van der Waals surface area contributed by atoms with E-state index in [-0.39, 0.29) is 12.6 Å². The number of nitrogens with one attached hydrogen (secondary N) is 1. The van der Waals surface area contributed by atoms with Crippen LogP contribution in [-0.4, -0.2) is 23.4 Å². The van der Waals surface area contributed by atoms with Gasteiger partial charge in [0.2, 0.25) is 0 Å². The Morgan fingerprint density at radius 2 is 2.27 bits per heavy atom. The smallest absolute Gasteiger partial charge is 0.352 e. The van der Waals surface area contributed by atoms with E-state index < -0.39 is 14.2 Å². The predicted octanol–water partition coefficient (Wildman–Crippen LogP) is 0.177. The first kappa shape index (κ1) is 10.5. The standard InChI is InChI=1S/C5H10NO4P/c1-4(2)6-5(7)3-10-11(8)9/h4H,3H2,1-2H3,(H-,6,7,8,9)/p+1. The van der Waals surface area contributed by atoms with Crippen LogP contribution in [0.4, 0.5) is 0 Å². The molecule has 0 spiro atoms. The fraction of sp³-hybridized carbons (Fsp3) is 0.800. The SMILES string of the molecule is CC(C)NC(=O)CO[P+](=O)O. The van der Waals surface area contributed by atoms with Crippen LogP contribution in [0.3, 0.4) is 0 Å². The molecule has 0 aromatic heterocycles. The Hall–Kier alpha value is -0.510. The van der Waals surface area contributed by atoms with Crippen molar-refractivity contribution in [3.63, 3.8) is 0 Å². The Morgan fingerprint density at radius 1 is 1.73 bits per heavy atom. The van der Waals surface area contributed by atoms with Gasteiger partial charge in [-0.3, -0.25) is 4.79 Å². The molecule has 0 aliphatic rings. The van der Waals surface area contributed by atoms with Gasteiger partial charge in [0, 0.05) is 10.6 Å². The Kier molecular flexibility index (Phi) is 4.94. The molecule has 1 unspecified atom stereocenters. The quantitative estimate of drug-likeness (QED) is 0.605. The van der Waals surface area contributed by atoms with Crippen LogP contribution in [0, 0.1) is 0 Å². The van der Waals surface area contributed by atoms with Gasteiger partial charge in [-0.25, -0.2) is 0 Å². The lowest BCUT2D eigenvalue weighted by Gasteiger charge is -2.04. The monoisotopic (exact) mass is 180 g/mol. The van der Waals surface area contributed by atoms with Crippen LogP contribution in [0.1, 0.15) is 13.8 Å². The van der Waals surface area contributed by atoms with Crippen molar-refractivity contribution in [3.8, 4) is 0 Å². The topological polar surface area (TPSA) is 75.6 Å². The summed E-state index contributed by atoms with van der Waals surface area (Å²) < 4.78 is 14.1. The first-order chi connectivity index (χ1) is 5.02. The maximum Gasteiger partial charge on any atom is 0.695 e. The molecule has 0 saturated carbocycles. The Labute approximate surface area is 65.7 Å². The zero-order valence-corrected chi connectivity index (χ0v) is 7.30. The van der Waals surface area contributed by atoms with Gasteiger partial charge in [0.25, 0.3) is 5.91 Å². The lowest BCUT2D eigenvalue weighted by atomic mass is 10.4. The molecular weight excluding hydrogens is 169 g/mol. The van der Waals surface area contributed by atoms with Crippen LogP contribution in [0.2, 0.25) is 0 Å². The lowest BCUT2D eigenvalue weighted by molar-refractivity contribution is -0.123. The second kappa shape index (κ2) is 5.18. The summed E-state index contributed by atoms with van der Waals surface area (Å²) in [7, 11) is -2.67. The number of amides is 1. The molecule has 0 saturated heterocycles. The third kappa shape index (κ3) is 7.39. The van der Waals surface area contributed by atoms with Crippen LogP contribution < -0.4 is 5.32 Å². The molecule has 0 rings (SSSR count). The van der Waals surface area contributed by atoms with Gasteiger partial charge in [0.1, 0.15) is 0 Å². The normalized spacial score (nSPS) is 11.5. The van der Waals surface area contributed by atoms with Crippen molar-refractivity contribution in [1.29, 1.82) is 0 Å². The van der Waals surface area contributed by atoms with Crippen LogP contribution in [0.25, 0.3) is 0 Å². The number of carbonyl (C=O) groups excluding carboxylic acids is 1. The van der Waals surface area contributed by atoms with Crippen LogP contribution in [-0.2, 0) is 13.9 Å². The van der Waals surface area contributed by atoms with Crippen LogP contribution in [0.15, 0.2) is 0 Å². The second-order valence-electron chi connectivity index (χ2n) is 2.23. The fourth-order valence-corrected chi connectivity index (χ4v) is 0.705. The number of carbonyl (C=O) groups is 1. The Balaban J connectivity index is 3.45. The summed E-state index contributed by atoms with van der Waals surface area (Å²) in [4.78, 5) is 18.8. The van der Waals surface area contributed by atoms with Crippen molar-refractivity contribution in [3.05, 3.63) is 0 Å². The molecule has 0 aliphatic heterocycles. The highest BCUT2D eigenvalue weighted by molar-refractivity contribution is 7.32. The number of rotatable bonds is 4. The third-order valence-corrected chi connectivity index (χ3v) is 1.11. The van der Waals surface area contributed by atoms with Crippen LogP contribution >= 0.6 is 8.25 Å². The zero-order chi connectivity index (χ0) is 8.85. The molecule has 0 aromatic rings. The summed E-state index contributed by atoms with van der Waals surface area (Å²) in [6, 6.07) is 0.0164. The molecule has 64 valence electrons. The Morgan fingerprint density at radius 3 is 2.64 bits per heavy atom. The minimum absolute atomic E-state index is 0.0164. The maximum absolute atomic E-state index is 10.7. The molecule has 1 amide bonds. The van der Waals surface area contributed by atoms with Gasteiger partial charge in [-0.2, -0.15) is 0 Å². The lowest BCUT2D eigenvalue weighted by Crippen LogP contribution is -2.32. The van der Waals surface area contributed by atoms with E-state index in [0.29, 0.717) is 0 Å². The molecule has 6 heteroatoms. The first-order valence-corrected chi connectivity index (χ1v) is 4.24. The minimum atomic E-state index is -2.67. The largest absolute Gasteiger partial charge is 0.695 e. The summed E-state index contributed by atoms with van der Waals surface area (Å²) >= 11 is 0. The summed E-state index contributed by atoms with van der Waals surface area (Å²) in [6.45, 7) is 3.21.